The van der Waals surface area contributed by atoms with E-state index in [0.29, 0.717) is 18.0 Å². The molecule has 0 aromatic heterocycles. The van der Waals surface area contributed by atoms with Crippen LogP contribution in [0.1, 0.15) is 39.3 Å². The highest BCUT2D eigenvalue weighted by Gasteiger charge is 2.35. The van der Waals surface area contributed by atoms with Gasteiger partial charge in [-0.2, -0.15) is 0 Å². The number of hydroxylamine groups is 2. The molecule has 82 valence electrons. The van der Waals surface area contributed by atoms with Crippen LogP contribution in [-0.4, -0.2) is 11.1 Å². The molecule has 0 saturated carbocycles. The van der Waals surface area contributed by atoms with E-state index in [2.05, 4.69) is 44.9 Å². The summed E-state index contributed by atoms with van der Waals surface area (Å²) in [5.41, 5.74) is 1.32. The first-order chi connectivity index (χ1) is 7.11. The lowest BCUT2D eigenvalue weighted by Crippen LogP contribution is -2.35. The van der Waals surface area contributed by atoms with Gasteiger partial charge in [0.25, 0.3) is 0 Å². The standard InChI is InChI=1S/C13H19NO/c1-9(2)13-11-7-5-6-8-12(11)15-14(13)10(3)4/h5-10,13H,1-4H3. The molecule has 1 atom stereocenters. The van der Waals surface area contributed by atoms with Gasteiger partial charge in [0.05, 0.1) is 6.04 Å². The van der Waals surface area contributed by atoms with Gasteiger partial charge in [-0.25, -0.2) is 0 Å². The minimum absolute atomic E-state index is 0.390. The molecule has 2 nitrogen and oxygen atoms in total. The average molecular weight is 205 g/mol. The molecule has 1 aromatic carbocycles. The lowest BCUT2D eigenvalue weighted by Gasteiger charge is -2.28. The van der Waals surface area contributed by atoms with E-state index in [4.69, 9.17) is 4.84 Å². The third-order valence-corrected chi connectivity index (χ3v) is 2.86. The van der Waals surface area contributed by atoms with Crippen LogP contribution >= 0.6 is 0 Å². The zero-order valence-electron chi connectivity index (χ0n) is 9.90. The van der Waals surface area contributed by atoms with Gasteiger partial charge in [0.1, 0.15) is 0 Å². The molecule has 0 saturated heterocycles. The van der Waals surface area contributed by atoms with Gasteiger partial charge >= 0.3 is 0 Å². The van der Waals surface area contributed by atoms with Crippen molar-refractivity contribution in [2.75, 3.05) is 0 Å². The van der Waals surface area contributed by atoms with E-state index in [9.17, 15) is 0 Å². The maximum Gasteiger partial charge on any atom is 0.152 e. The average Bonchev–Trinajstić information content (AvgIpc) is 2.56. The Labute approximate surface area is 91.8 Å². The second-order valence-corrected chi connectivity index (χ2v) is 4.77. The minimum Gasteiger partial charge on any atom is -0.405 e. The van der Waals surface area contributed by atoms with Gasteiger partial charge in [-0.05, 0) is 25.8 Å². The third kappa shape index (κ3) is 1.74. The van der Waals surface area contributed by atoms with Crippen LogP contribution in [0.4, 0.5) is 0 Å². The zero-order chi connectivity index (χ0) is 11.0. The Hall–Kier alpha value is -1.02. The number of nitrogens with zero attached hydrogens (tertiary/aromatic N) is 1. The summed E-state index contributed by atoms with van der Waals surface area (Å²) in [7, 11) is 0. The summed E-state index contributed by atoms with van der Waals surface area (Å²) in [6, 6.07) is 9.13. The molecule has 0 spiro atoms. The molecular weight excluding hydrogens is 186 g/mol. The molecule has 0 radical (unpaired) electrons. The van der Waals surface area contributed by atoms with Gasteiger partial charge in [-0.1, -0.05) is 32.0 Å². The summed E-state index contributed by atoms with van der Waals surface area (Å²) in [4.78, 5) is 5.88. The SMILES string of the molecule is CC(C)C1c2ccccc2ON1C(C)C. The van der Waals surface area contributed by atoms with Gasteiger partial charge in [0.15, 0.2) is 5.75 Å². The Morgan fingerprint density at radius 1 is 1.13 bits per heavy atom. The smallest absolute Gasteiger partial charge is 0.152 e. The highest BCUT2D eigenvalue weighted by molar-refractivity contribution is 5.38. The van der Waals surface area contributed by atoms with Gasteiger partial charge in [-0.15, -0.1) is 5.06 Å². The van der Waals surface area contributed by atoms with Crippen molar-refractivity contribution in [3.8, 4) is 5.75 Å². The molecule has 1 aliphatic heterocycles. The maximum absolute atomic E-state index is 5.88. The van der Waals surface area contributed by atoms with Crippen LogP contribution < -0.4 is 4.84 Å². The van der Waals surface area contributed by atoms with E-state index < -0.39 is 0 Å². The molecule has 0 aliphatic carbocycles. The van der Waals surface area contributed by atoms with E-state index in [1.807, 2.05) is 12.1 Å². The van der Waals surface area contributed by atoms with E-state index in [1.165, 1.54) is 5.56 Å². The second kappa shape index (κ2) is 3.86. The largest absolute Gasteiger partial charge is 0.405 e. The van der Waals surface area contributed by atoms with Crippen molar-refractivity contribution in [1.82, 2.24) is 5.06 Å². The topological polar surface area (TPSA) is 12.5 Å². The summed E-state index contributed by atoms with van der Waals surface area (Å²) >= 11 is 0. The normalized spacial score (nSPS) is 20.8. The van der Waals surface area contributed by atoms with Crippen LogP contribution in [0.25, 0.3) is 0 Å². The fourth-order valence-electron chi connectivity index (χ4n) is 2.20. The van der Waals surface area contributed by atoms with Crippen molar-refractivity contribution in [2.45, 2.75) is 39.8 Å². The Bertz CT molecular complexity index is 346. The van der Waals surface area contributed by atoms with Gasteiger partial charge in [0, 0.05) is 11.6 Å². The summed E-state index contributed by atoms with van der Waals surface area (Å²) < 4.78 is 0. The Balaban J connectivity index is 2.38. The fourth-order valence-corrected chi connectivity index (χ4v) is 2.20. The predicted molar refractivity (Wildman–Crippen MR) is 61.6 cm³/mol. The molecule has 2 heteroatoms. The first-order valence-electron chi connectivity index (χ1n) is 5.66. The van der Waals surface area contributed by atoms with E-state index >= 15 is 0 Å². The molecule has 1 unspecified atom stereocenters. The van der Waals surface area contributed by atoms with Crippen LogP contribution in [-0.2, 0) is 0 Å². The summed E-state index contributed by atoms with van der Waals surface area (Å²) in [5.74, 6) is 1.58. The van der Waals surface area contributed by atoms with E-state index in [0.717, 1.165) is 5.75 Å². The zero-order valence-corrected chi connectivity index (χ0v) is 9.90. The Morgan fingerprint density at radius 2 is 1.80 bits per heavy atom. The molecule has 1 aliphatic rings. The predicted octanol–water partition coefficient (Wildman–Crippen LogP) is 3.40. The molecule has 1 heterocycles. The van der Waals surface area contributed by atoms with Crippen LogP contribution in [0, 0.1) is 5.92 Å². The third-order valence-electron chi connectivity index (χ3n) is 2.86. The number of hydrogen-bond donors (Lipinski definition) is 0. The van der Waals surface area contributed by atoms with Crippen molar-refractivity contribution in [3.63, 3.8) is 0 Å². The van der Waals surface area contributed by atoms with Gasteiger partial charge in [-0.3, -0.25) is 0 Å². The Morgan fingerprint density at radius 3 is 2.40 bits per heavy atom. The monoisotopic (exact) mass is 205 g/mol. The Kier molecular flexibility index (Phi) is 2.70. The molecule has 0 bridgehead atoms. The summed E-state index contributed by atoms with van der Waals surface area (Å²) in [5, 5.41) is 2.11. The molecule has 15 heavy (non-hydrogen) atoms. The molecular formula is C13H19NO. The first kappa shape index (κ1) is 10.5. The van der Waals surface area contributed by atoms with Crippen LogP contribution in [0.3, 0.4) is 0 Å². The quantitative estimate of drug-likeness (QED) is 0.733. The van der Waals surface area contributed by atoms with Gasteiger partial charge in [0.2, 0.25) is 0 Å². The maximum atomic E-state index is 5.88. The highest BCUT2D eigenvalue weighted by Crippen LogP contribution is 2.42. The molecule has 0 fully saturated rings. The first-order valence-corrected chi connectivity index (χ1v) is 5.66. The van der Waals surface area contributed by atoms with Crippen molar-refractivity contribution in [1.29, 1.82) is 0 Å². The van der Waals surface area contributed by atoms with E-state index in [1.54, 1.807) is 0 Å². The molecule has 0 N–H and O–H groups in total. The van der Waals surface area contributed by atoms with Crippen LogP contribution in [0.5, 0.6) is 5.75 Å². The number of rotatable bonds is 2. The number of benzene rings is 1. The van der Waals surface area contributed by atoms with Crippen molar-refractivity contribution in [2.24, 2.45) is 5.92 Å². The summed E-state index contributed by atoms with van der Waals surface area (Å²) in [6.07, 6.45) is 0. The molecule has 2 rings (SSSR count). The van der Waals surface area contributed by atoms with Crippen LogP contribution in [0.15, 0.2) is 24.3 Å². The van der Waals surface area contributed by atoms with Gasteiger partial charge < -0.3 is 4.84 Å². The second-order valence-electron chi connectivity index (χ2n) is 4.77. The fraction of sp³-hybridized carbons (Fsp3) is 0.538. The van der Waals surface area contributed by atoms with Crippen molar-refractivity contribution >= 4 is 0 Å². The summed E-state index contributed by atoms with van der Waals surface area (Å²) in [6.45, 7) is 8.82. The van der Waals surface area contributed by atoms with Crippen molar-refractivity contribution in [3.05, 3.63) is 29.8 Å². The number of hydrogen-bond acceptors (Lipinski definition) is 2. The van der Waals surface area contributed by atoms with Crippen molar-refractivity contribution < 1.29 is 4.84 Å². The number of fused-ring (bicyclic) bond motifs is 1. The lowest BCUT2D eigenvalue weighted by molar-refractivity contribution is -0.110. The number of para-hydroxylation sites is 1. The lowest BCUT2D eigenvalue weighted by atomic mass is 9.95. The molecule has 0 amide bonds. The highest BCUT2D eigenvalue weighted by atomic mass is 16.7. The molecule has 1 aromatic rings. The minimum atomic E-state index is 0.390. The van der Waals surface area contributed by atoms with E-state index in [-0.39, 0.29) is 0 Å². The van der Waals surface area contributed by atoms with Crippen LogP contribution in [0.2, 0.25) is 0 Å².